The van der Waals surface area contributed by atoms with Crippen LogP contribution in [0.1, 0.15) is 44.4 Å². The van der Waals surface area contributed by atoms with Gasteiger partial charge in [0, 0.05) is 19.1 Å². The fraction of sp³-hybridized carbons (Fsp3) is 0.600. The highest BCUT2D eigenvalue weighted by Gasteiger charge is 2.35. The van der Waals surface area contributed by atoms with Gasteiger partial charge in [-0.2, -0.15) is 0 Å². The molecule has 1 saturated carbocycles. The topological polar surface area (TPSA) is 52.4 Å². The predicted molar refractivity (Wildman–Crippen MR) is 99.2 cm³/mol. The number of rotatable bonds is 6. The zero-order valence-corrected chi connectivity index (χ0v) is 15.9. The van der Waals surface area contributed by atoms with Crippen LogP contribution in [0.3, 0.4) is 0 Å². The van der Waals surface area contributed by atoms with E-state index in [9.17, 15) is 0 Å². The number of benzene rings is 1. The summed E-state index contributed by atoms with van der Waals surface area (Å²) in [6.07, 6.45) is 2.53. The molecule has 0 radical (unpaired) electrons. The summed E-state index contributed by atoms with van der Waals surface area (Å²) in [7, 11) is 0. The number of hydrogen-bond donors (Lipinski definition) is 0. The summed E-state index contributed by atoms with van der Waals surface area (Å²) in [6, 6.07) is 10.5. The monoisotopic (exact) mass is 356 g/mol. The molecule has 2 aliphatic rings. The summed E-state index contributed by atoms with van der Waals surface area (Å²) in [5.74, 6) is 2.99. The van der Waals surface area contributed by atoms with Gasteiger partial charge in [-0.1, -0.05) is 18.2 Å². The second-order valence-corrected chi connectivity index (χ2v) is 8.06. The SMILES string of the molecule is Cc1nnc(CN2C[C@H](COc3ccccc3)OC(C)(C)C2)n1C1CC1. The first kappa shape index (κ1) is 17.5. The Morgan fingerprint density at radius 1 is 1.19 bits per heavy atom. The fourth-order valence-corrected chi connectivity index (χ4v) is 3.86. The lowest BCUT2D eigenvalue weighted by atomic mass is 10.1. The van der Waals surface area contributed by atoms with Crippen molar-refractivity contribution in [1.29, 1.82) is 0 Å². The summed E-state index contributed by atoms with van der Waals surface area (Å²) >= 11 is 0. The molecule has 1 aliphatic heterocycles. The molecule has 1 saturated heterocycles. The highest BCUT2D eigenvalue weighted by Crippen LogP contribution is 2.36. The van der Waals surface area contributed by atoms with E-state index in [1.807, 2.05) is 30.3 Å². The molecule has 1 aliphatic carbocycles. The minimum atomic E-state index is -0.206. The summed E-state index contributed by atoms with van der Waals surface area (Å²) in [4.78, 5) is 2.42. The predicted octanol–water partition coefficient (Wildman–Crippen LogP) is 2.98. The maximum absolute atomic E-state index is 6.25. The lowest BCUT2D eigenvalue weighted by Crippen LogP contribution is -2.54. The molecule has 26 heavy (non-hydrogen) atoms. The van der Waals surface area contributed by atoms with E-state index in [4.69, 9.17) is 9.47 Å². The Bertz CT molecular complexity index is 740. The van der Waals surface area contributed by atoms with Gasteiger partial charge in [0.2, 0.25) is 0 Å². The largest absolute Gasteiger partial charge is 0.491 e. The Balaban J connectivity index is 1.41. The van der Waals surface area contributed by atoms with Gasteiger partial charge in [-0.15, -0.1) is 10.2 Å². The molecule has 1 atom stereocenters. The second-order valence-electron chi connectivity index (χ2n) is 8.06. The van der Waals surface area contributed by atoms with Crippen molar-refractivity contribution < 1.29 is 9.47 Å². The van der Waals surface area contributed by atoms with Crippen LogP contribution in [0.25, 0.3) is 0 Å². The van der Waals surface area contributed by atoms with Crippen LogP contribution in [0.2, 0.25) is 0 Å². The number of ether oxygens (including phenoxy) is 2. The summed E-state index contributed by atoms with van der Waals surface area (Å²) in [6.45, 7) is 9.42. The van der Waals surface area contributed by atoms with E-state index < -0.39 is 0 Å². The third-order valence-corrected chi connectivity index (χ3v) is 4.94. The molecule has 0 N–H and O–H groups in total. The van der Waals surface area contributed by atoms with Crippen molar-refractivity contribution in [3.8, 4) is 5.75 Å². The maximum atomic E-state index is 6.25. The van der Waals surface area contributed by atoms with E-state index in [2.05, 4.69) is 40.4 Å². The number of morpholine rings is 1. The Hall–Kier alpha value is -1.92. The molecule has 1 aromatic carbocycles. The molecule has 2 fully saturated rings. The van der Waals surface area contributed by atoms with Crippen molar-refractivity contribution in [3.05, 3.63) is 42.0 Å². The Morgan fingerprint density at radius 3 is 2.69 bits per heavy atom. The van der Waals surface area contributed by atoms with Crippen molar-refractivity contribution in [3.63, 3.8) is 0 Å². The van der Waals surface area contributed by atoms with E-state index >= 15 is 0 Å². The van der Waals surface area contributed by atoms with Crippen LogP contribution in [0, 0.1) is 6.92 Å². The third kappa shape index (κ3) is 4.07. The maximum Gasteiger partial charge on any atom is 0.147 e. The number of aryl methyl sites for hydroxylation is 1. The second kappa shape index (κ2) is 7.00. The van der Waals surface area contributed by atoms with Crippen LogP contribution < -0.4 is 4.74 Å². The first-order chi connectivity index (χ1) is 12.5. The fourth-order valence-electron chi connectivity index (χ4n) is 3.86. The van der Waals surface area contributed by atoms with Crippen LogP contribution in [0.15, 0.2) is 30.3 Å². The van der Waals surface area contributed by atoms with E-state index in [0.717, 1.165) is 37.0 Å². The minimum absolute atomic E-state index is 0.0392. The Kier molecular flexibility index (Phi) is 4.71. The lowest BCUT2D eigenvalue weighted by Gasteiger charge is -2.42. The Morgan fingerprint density at radius 2 is 1.96 bits per heavy atom. The zero-order valence-electron chi connectivity index (χ0n) is 15.9. The summed E-state index contributed by atoms with van der Waals surface area (Å²) in [5, 5.41) is 8.74. The van der Waals surface area contributed by atoms with E-state index in [0.29, 0.717) is 12.6 Å². The van der Waals surface area contributed by atoms with E-state index in [1.54, 1.807) is 0 Å². The van der Waals surface area contributed by atoms with Crippen LogP contribution >= 0.6 is 0 Å². The van der Waals surface area contributed by atoms with Gasteiger partial charge in [0.1, 0.15) is 30.1 Å². The average molecular weight is 356 g/mol. The zero-order chi connectivity index (χ0) is 18.1. The van der Waals surface area contributed by atoms with Crippen molar-refractivity contribution in [1.82, 2.24) is 19.7 Å². The minimum Gasteiger partial charge on any atom is -0.491 e. The molecular formula is C20H28N4O2. The summed E-state index contributed by atoms with van der Waals surface area (Å²) < 4.78 is 14.5. The molecular weight excluding hydrogens is 328 g/mol. The first-order valence-electron chi connectivity index (χ1n) is 9.48. The number of aromatic nitrogens is 3. The van der Waals surface area contributed by atoms with Crippen LogP contribution in [-0.4, -0.2) is 51.1 Å². The molecule has 4 rings (SSSR count). The molecule has 0 unspecified atom stereocenters. The lowest BCUT2D eigenvalue weighted by molar-refractivity contribution is -0.148. The molecule has 2 aromatic rings. The van der Waals surface area contributed by atoms with Crippen LogP contribution in [0.4, 0.5) is 0 Å². The highest BCUT2D eigenvalue weighted by molar-refractivity contribution is 5.21. The number of nitrogens with zero attached hydrogens (tertiary/aromatic N) is 4. The molecule has 1 aromatic heterocycles. The quantitative estimate of drug-likeness (QED) is 0.796. The van der Waals surface area contributed by atoms with Crippen molar-refractivity contribution in [2.24, 2.45) is 0 Å². The van der Waals surface area contributed by atoms with Gasteiger partial charge in [0.15, 0.2) is 0 Å². The molecule has 0 spiro atoms. The average Bonchev–Trinajstić information content (AvgIpc) is 3.37. The van der Waals surface area contributed by atoms with Crippen molar-refractivity contribution >= 4 is 0 Å². The Labute approximate surface area is 155 Å². The van der Waals surface area contributed by atoms with Crippen molar-refractivity contribution in [2.75, 3.05) is 19.7 Å². The van der Waals surface area contributed by atoms with Crippen LogP contribution in [-0.2, 0) is 11.3 Å². The molecule has 6 nitrogen and oxygen atoms in total. The van der Waals surface area contributed by atoms with Gasteiger partial charge in [-0.3, -0.25) is 4.90 Å². The van der Waals surface area contributed by atoms with E-state index in [1.165, 1.54) is 12.8 Å². The first-order valence-corrected chi connectivity index (χ1v) is 9.48. The van der Waals surface area contributed by atoms with Gasteiger partial charge in [0.25, 0.3) is 0 Å². The van der Waals surface area contributed by atoms with Crippen molar-refractivity contribution in [2.45, 2.75) is 57.9 Å². The molecule has 2 heterocycles. The highest BCUT2D eigenvalue weighted by atomic mass is 16.5. The van der Waals surface area contributed by atoms with Crippen LogP contribution in [0.5, 0.6) is 5.75 Å². The standard InChI is InChI=1S/C20H28N4O2/c1-15-21-22-19(24(15)16-9-10-16)12-23-11-18(26-20(2,3)14-23)13-25-17-7-5-4-6-8-17/h4-8,16,18H,9-14H2,1-3H3/t18-/m1/s1. The van der Waals surface area contributed by atoms with Gasteiger partial charge >= 0.3 is 0 Å². The molecule has 140 valence electrons. The number of hydrogen-bond acceptors (Lipinski definition) is 5. The van der Waals surface area contributed by atoms with Gasteiger partial charge in [-0.05, 0) is 45.7 Å². The van der Waals surface area contributed by atoms with Gasteiger partial charge < -0.3 is 14.0 Å². The van der Waals surface area contributed by atoms with Gasteiger partial charge in [0.05, 0.1) is 12.1 Å². The number of para-hydroxylation sites is 1. The molecule has 6 heteroatoms. The molecule has 0 amide bonds. The summed E-state index contributed by atoms with van der Waals surface area (Å²) in [5.41, 5.74) is -0.206. The molecule has 0 bridgehead atoms. The van der Waals surface area contributed by atoms with Gasteiger partial charge in [-0.25, -0.2) is 0 Å². The normalized spacial score (nSPS) is 23.1. The smallest absolute Gasteiger partial charge is 0.147 e. The third-order valence-electron chi connectivity index (χ3n) is 4.94. The van der Waals surface area contributed by atoms with E-state index in [-0.39, 0.29) is 11.7 Å².